The van der Waals surface area contributed by atoms with Crippen LogP contribution in [0.25, 0.3) is 0 Å². The van der Waals surface area contributed by atoms with Gasteiger partial charge in [-0.25, -0.2) is 0 Å². The Morgan fingerprint density at radius 2 is 1.52 bits per heavy atom. The molecule has 1 fully saturated rings. The molecule has 4 nitrogen and oxygen atoms in total. The van der Waals surface area contributed by atoms with E-state index in [0.717, 1.165) is 36.0 Å². The van der Waals surface area contributed by atoms with Gasteiger partial charge in [0.1, 0.15) is 5.75 Å². The zero-order valence-electron chi connectivity index (χ0n) is 17.8. The van der Waals surface area contributed by atoms with Gasteiger partial charge in [-0.1, -0.05) is 26.0 Å². The first-order chi connectivity index (χ1) is 13.0. The second-order valence-electron chi connectivity index (χ2n) is 8.16. The summed E-state index contributed by atoms with van der Waals surface area (Å²) in [5.41, 5.74) is 1.47. The Bertz CT molecular complexity index is 511. The van der Waals surface area contributed by atoms with Gasteiger partial charge in [-0.2, -0.15) is 0 Å². The lowest BCUT2D eigenvalue weighted by Gasteiger charge is -2.29. The molecule has 1 aromatic rings. The van der Waals surface area contributed by atoms with Gasteiger partial charge < -0.3 is 18.0 Å². The monoisotopic (exact) mass is 394 g/mol. The van der Waals surface area contributed by atoms with E-state index < -0.39 is 8.80 Å². The molecule has 1 aromatic carbocycles. The van der Waals surface area contributed by atoms with Crippen molar-refractivity contribution in [3.05, 3.63) is 29.8 Å². The number of hydrogen-bond donors (Lipinski definition) is 0. The molecule has 0 bridgehead atoms. The molecule has 1 aliphatic carbocycles. The quantitative estimate of drug-likeness (QED) is 0.359. The summed E-state index contributed by atoms with van der Waals surface area (Å²) in [6, 6.07) is 9.49. The van der Waals surface area contributed by atoms with Crippen molar-refractivity contribution in [2.45, 2.75) is 64.3 Å². The molecule has 0 heterocycles. The average Bonchev–Trinajstić information content (AvgIpc) is 2.69. The maximum atomic E-state index is 5.89. The maximum Gasteiger partial charge on any atom is 0.500 e. The van der Waals surface area contributed by atoms with Gasteiger partial charge in [-0.15, -0.1) is 0 Å². The van der Waals surface area contributed by atoms with Crippen LogP contribution < -0.4 is 4.74 Å². The number of hydrogen-bond acceptors (Lipinski definition) is 4. The Morgan fingerprint density at radius 3 is 2.04 bits per heavy atom. The van der Waals surface area contributed by atoms with E-state index in [9.17, 15) is 0 Å². The summed E-state index contributed by atoms with van der Waals surface area (Å²) in [5, 5.41) is 0. The molecule has 0 amide bonds. The van der Waals surface area contributed by atoms with E-state index in [-0.39, 0.29) is 0 Å². The third kappa shape index (κ3) is 6.90. The molecule has 0 spiro atoms. The van der Waals surface area contributed by atoms with Gasteiger partial charge in [0.2, 0.25) is 0 Å². The minimum absolute atomic E-state index is 0.643. The lowest BCUT2D eigenvalue weighted by molar-refractivity contribution is 0.121. The molecule has 0 N–H and O–H groups in total. The zero-order chi connectivity index (χ0) is 19.7. The fourth-order valence-electron chi connectivity index (χ4n) is 4.27. The van der Waals surface area contributed by atoms with Crippen LogP contribution in [0.2, 0.25) is 6.04 Å². The van der Waals surface area contributed by atoms with Crippen LogP contribution in [0.4, 0.5) is 0 Å². The van der Waals surface area contributed by atoms with Crippen LogP contribution in [0.3, 0.4) is 0 Å². The molecule has 2 rings (SSSR count). The van der Waals surface area contributed by atoms with Crippen molar-refractivity contribution < 1.29 is 18.0 Å². The molecule has 0 saturated heterocycles. The van der Waals surface area contributed by atoms with Crippen LogP contribution in [-0.4, -0.2) is 36.7 Å². The van der Waals surface area contributed by atoms with Crippen LogP contribution in [0, 0.1) is 11.8 Å². The highest BCUT2D eigenvalue weighted by Gasteiger charge is 2.36. The minimum Gasteiger partial charge on any atom is -0.494 e. The first kappa shape index (κ1) is 22.4. The van der Waals surface area contributed by atoms with Gasteiger partial charge in [-0.3, -0.25) is 0 Å². The summed E-state index contributed by atoms with van der Waals surface area (Å²) >= 11 is 0. The molecule has 27 heavy (non-hydrogen) atoms. The van der Waals surface area contributed by atoms with Crippen LogP contribution in [0.5, 0.6) is 5.75 Å². The average molecular weight is 395 g/mol. The summed E-state index contributed by atoms with van der Waals surface area (Å²) < 4.78 is 22.2. The van der Waals surface area contributed by atoms with Crippen molar-refractivity contribution in [3.63, 3.8) is 0 Å². The van der Waals surface area contributed by atoms with Crippen molar-refractivity contribution in [1.29, 1.82) is 0 Å². The number of benzene rings is 1. The van der Waals surface area contributed by atoms with E-state index in [2.05, 4.69) is 38.1 Å². The maximum absolute atomic E-state index is 5.89. The predicted molar refractivity (Wildman–Crippen MR) is 112 cm³/mol. The van der Waals surface area contributed by atoms with Crippen molar-refractivity contribution in [1.82, 2.24) is 0 Å². The summed E-state index contributed by atoms with van der Waals surface area (Å²) in [4.78, 5) is 0. The van der Waals surface area contributed by atoms with E-state index in [0.29, 0.717) is 6.61 Å². The van der Waals surface area contributed by atoms with E-state index in [1.54, 1.807) is 21.3 Å². The summed E-state index contributed by atoms with van der Waals surface area (Å²) in [6.45, 7) is 5.32. The molecular formula is C22H38O4Si. The highest BCUT2D eigenvalue weighted by molar-refractivity contribution is 6.60. The highest BCUT2D eigenvalue weighted by Crippen LogP contribution is 2.38. The largest absolute Gasteiger partial charge is 0.500 e. The number of ether oxygens (including phenoxy) is 1. The molecule has 0 atom stereocenters. The Labute approximate surface area is 166 Å². The molecule has 0 aliphatic heterocycles. The van der Waals surface area contributed by atoms with Crippen LogP contribution >= 0.6 is 0 Å². The first-order valence-corrected chi connectivity index (χ1v) is 12.3. The molecule has 0 unspecified atom stereocenters. The lowest BCUT2D eigenvalue weighted by atomic mass is 9.76. The Balaban J connectivity index is 1.74. The van der Waals surface area contributed by atoms with Crippen LogP contribution in [0.15, 0.2) is 24.3 Å². The molecule has 0 aromatic heterocycles. The highest BCUT2D eigenvalue weighted by atomic mass is 28.4. The second kappa shape index (κ2) is 11.2. The zero-order valence-corrected chi connectivity index (χ0v) is 18.8. The summed E-state index contributed by atoms with van der Waals surface area (Å²) in [5.74, 6) is 3.42. The smallest absolute Gasteiger partial charge is 0.494 e. The van der Waals surface area contributed by atoms with E-state index in [1.807, 2.05) is 0 Å². The Kier molecular flexibility index (Phi) is 9.29. The second-order valence-corrected chi connectivity index (χ2v) is 11.3. The molecule has 154 valence electrons. The van der Waals surface area contributed by atoms with Gasteiger partial charge in [0.25, 0.3) is 0 Å². The minimum atomic E-state index is -2.48. The molecule has 1 saturated carbocycles. The van der Waals surface area contributed by atoms with Crippen molar-refractivity contribution in [3.8, 4) is 5.75 Å². The molecule has 5 heteroatoms. The van der Waals surface area contributed by atoms with Gasteiger partial charge >= 0.3 is 8.80 Å². The standard InChI is InChI=1S/C22H38O4Si/c1-18(2)17-19-7-9-20(10-8-19)21-11-13-22(14-12-21)26-15-6-16-27(23-3,24-4)25-5/h11-14,18-20H,6-10,15-17H2,1-5H3/t19-,20-. The van der Waals surface area contributed by atoms with Gasteiger partial charge in [-0.05, 0) is 74.0 Å². The van der Waals surface area contributed by atoms with E-state index in [4.69, 9.17) is 18.0 Å². The van der Waals surface area contributed by atoms with Crippen molar-refractivity contribution in [2.75, 3.05) is 27.9 Å². The van der Waals surface area contributed by atoms with Crippen LogP contribution in [0.1, 0.15) is 63.9 Å². The Morgan fingerprint density at radius 1 is 0.926 bits per heavy atom. The fraction of sp³-hybridized carbons (Fsp3) is 0.727. The van der Waals surface area contributed by atoms with Gasteiger partial charge in [0, 0.05) is 27.4 Å². The van der Waals surface area contributed by atoms with Crippen molar-refractivity contribution >= 4 is 8.80 Å². The lowest BCUT2D eigenvalue weighted by Crippen LogP contribution is -2.42. The summed E-state index contributed by atoms with van der Waals surface area (Å²) in [7, 11) is 2.46. The Hall–Kier alpha value is -0.883. The SMILES string of the molecule is CO[Si](CCCOc1ccc([C@H]2CC[C@H](CC(C)C)CC2)cc1)(OC)OC. The topological polar surface area (TPSA) is 36.9 Å². The van der Waals surface area contributed by atoms with Gasteiger partial charge in [0.15, 0.2) is 0 Å². The number of rotatable bonds is 11. The molecular weight excluding hydrogens is 356 g/mol. The van der Waals surface area contributed by atoms with Crippen LogP contribution in [-0.2, 0) is 13.3 Å². The van der Waals surface area contributed by atoms with E-state index in [1.165, 1.54) is 37.7 Å². The molecule has 1 aliphatic rings. The molecule has 0 radical (unpaired) electrons. The summed E-state index contributed by atoms with van der Waals surface area (Å²) in [6.07, 6.45) is 7.66. The normalized spacial score (nSPS) is 20.8. The predicted octanol–water partition coefficient (Wildman–Crippen LogP) is 5.65. The first-order valence-electron chi connectivity index (χ1n) is 10.4. The third-order valence-corrected chi connectivity index (χ3v) is 8.66. The van der Waals surface area contributed by atoms with E-state index >= 15 is 0 Å². The van der Waals surface area contributed by atoms with Crippen molar-refractivity contribution in [2.24, 2.45) is 11.8 Å². The third-order valence-electron chi connectivity index (χ3n) is 5.83. The van der Waals surface area contributed by atoms with Gasteiger partial charge in [0.05, 0.1) is 6.61 Å². The fourth-order valence-corrected chi connectivity index (χ4v) is 5.96.